The summed E-state index contributed by atoms with van der Waals surface area (Å²) < 4.78 is 41.6. The quantitative estimate of drug-likeness (QED) is 0.531. The van der Waals surface area contributed by atoms with Gasteiger partial charge in [-0.15, -0.1) is 0 Å². The number of halogens is 4. The molecule has 4 rings (SSSR count). The predicted octanol–water partition coefficient (Wildman–Crippen LogP) is 3.59. The van der Waals surface area contributed by atoms with E-state index in [1.165, 1.54) is 4.90 Å². The molecular weight excluding hydrogens is 437 g/mol. The minimum atomic E-state index is -4.66. The molecule has 1 aliphatic carbocycles. The van der Waals surface area contributed by atoms with Crippen molar-refractivity contribution in [2.75, 3.05) is 32.7 Å². The van der Waals surface area contributed by atoms with Crippen LogP contribution in [0.5, 0.6) is 0 Å². The molecule has 0 unspecified atom stereocenters. The minimum Gasteiger partial charge on any atom is -0.339 e. The van der Waals surface area contributed by atoms with Gasteiger partial charge < -0.3 is 9.80 Å². The first-order chi connectivity index (χ1) is 14.7. The van der Waals surface area contributed by atoms with Crippen LogP contribution in [-0.4, -0.2) is 64.0 Å². The van der Waals surface area contributed by atoms with Crippen molar-refractivity contribution in [2.24, 2.45) is 5.11 Å². The van der Waals surface area contributed by atoms with E-state index in [9.17, 15) is 22.8 Å². The Balaban J connectivity index is 1.61. The number of aromatic nitrogens is 2. The fourth-order valence-corrected chi connectivity index (χ4v) is 3.99. The number of hydrogen-bond acceptors (Lipinski definition) is 5. The van der Waals surface area contributed by atoms with Crippen molar-refractivity contribution in [3.63, 3.8) is 0 Å². The van der Waals surface area contributed by atoms with E-state index < -0.39 is 17.8 Å². The van der Waals surface area contributed by atoms with Crippen molar-refractivity contribution >= 4 is 28.9 Å². The lowest BCUT2D eigenvalue weighted by Crippen LogP contribution is -2.52. The average Bonchev–Trinajstić information content (AvgIpc) is 3.52. The molecule has 2 fully saturated rings. The summed E-state index contributed by atoms with van der Waals surface area (Å²) in [5, 5.41) is 6.99. The van der Waals surface area contributed by atoms with Gasteiger partial charge in [-0.25, -0.2) is 10.0 Å². The van der Waals surface area contributed by atoms with Gasteiger partial charge in [-0.05, 0) is 42.9 Å². The van der Waals surface area contributed by atoms with Crippen LogP contribution < -0.4 is 0 Å². The Morgan fingerprint density at radius 2 is 2.03 bits per heavy atom. The predicted molar refractivity (Wildman–Crippen MR) is 104 cm³/mol. The Labute approximate surface area is 180 Å². The zero-order chi connectivity index (χ0) is 22.3. The first-order valence-electron chi connectivity index (χ1n) is 9.90. The number of fused-ring (bicyclic) bond motifs is 1. The lowest BCUT2D eigenvalue weighted by Gasteiger charge is -2.34. The summed E-state index contributed by atoms with van der Waals surface area (Å²) in [6, 6.07) is 2.62. The first kappa shape index (κ1) is 21.5. The maximum absolute atomic E-state index is 13.6. The van der Waals surface area contributed by atoms with Gasteiger partial charge in [0.2, 0.25) is 5.91 Å². The van der Waals surface area contributed by atoms with Crippen molar-refractivity contribution in [1.29, 1.82) is 5.53 Å². The van der Waals surface area contributed by atoms with E-state index in [1.807, 2.05) is 0 Å². The fourth-order valence-electron chi connectivity index (χ4n) is 3.74. The maximum atomic E-state index is 13.6. The molecule has 0 aromatic carbocycles. The number of alkyl halides is 3. The molecule has 2 aliphatic rings. The Hall–Kier alpha value is -2.69. The molecule has 31 heavy (non-hydrogen) atoms. The summed E-state index contributed by atoms with van der Waals surface area (Å²) >= 11 is 6.32. The van der Waals surface area contributed by atoms with E-state index in [0.717, 1.165) is 18.9 Å². The number of rotatable bonds is 6. The summed E-state index contributed by atoms with van der Waals surface area (Å²) in [5.74, 6) is -0.898. The highest BCUT2D eigenvalue weighted by Crippen LogP contribution is 2.43. The Morgan fingerprint density at radius 1 is 1.29 bits per heavy atom. The van der Waals surface area contributed by atoms with E-state index in [0.29, 0.717) is 29.6 Å². The minimum absolute atomic E-state index is 0.0332. The number of carbonyl (C=O) groups is 2. The molecule has 8 nitrogen and oxygen atoms in total. The zero-order valence-electron chi connectivity index (χ0n) is 16.5. The smallest absolute Gasteiger partial charge is 0.339 e. The summed E-state index contributed by atoms with van der Waals surface area (Å²) in [4.78, 5) is 28.1. The van der Waals surface area contributed by atoms with E-state index in [1.54, 1.807) is 11.0 Å². The summed E-state index contributed by atoms with van der Waals surface area (Å²) in [5.41, 5.74) is 6.08. The van der Waals surface area contributed by atoms with Gasteiger partial charge in [-0.1, -0.05) is 11.6 Å². The molecule has 1 aliphatic heterocycles. The van der Waals surface area contributed by atoms with Crippen molar-refractivity contribution in [3.05, 3.63) is 34.1 Å². The largest absolute Gasteiger partial charge is 0.433 e. The monoisotopic (exact) mass is 456 g/mol. The summed E-state index contributed by atoms with van der Waals surface area (Å²) in [6.45, 7) is 1.03. The molecule has 0 spiro atoms. The summed E-state index contributed by atoms with van der Waals surface area (Å²) in [6.07, 6.45) is -2.49. The molecule has 2 aromatic heterocycles. The van der Waals surface area contributed by atoms with Crippen LogP contribution in [0.15, 0.2) is 17.2 Å². The molecule has 1 N–H and O–H groups in total. The van der Waals surface area contributed by atoms with E-state index >= 15 is 0 Å². The van der Waals surface area contributed by atoms with Gasteiger partial charge in [0.05, 0.1) is 17.1 Å². The van der Waals surface area contributed by atoms with Crippen LogP contribution in [0.2, 0.25) is 5.02 Å². The van der Waals surface area contributed by atoms with Crippen molar-refractivity contribution in [2.45, 2.75) is 31.4 Å². The Morgan fingerprint density at radius 3 is 2.65 bits per heavy atom. The van der Waals surface area contributed by atoms with Crippen LogP contribution in [-0.2, 0) is 11.0 Å². The Kier molecular flexibility index (Phi) is 5.63. The molecule has 2 amide bonds. The lowest BCUT2D eigenvalue weighted by molar-refractivity contribution is -0.142. The van der Waals surface area contributed by atoms with Crippen LogP contribution in [0.25, 0.3) is 5.52 Å². The number of hydrogen-bond donors (Lipinski definition) is 1. The molecule has 0 atom stereocenters. The lowest BCUT2D eigenvalue weighted by atomic mass is 10.1. The van der Waals surface area contributed by atoms with Crippen LogP contribution in [0.1, 0.15) is 46.9 Å². The van der Waals surface area contributed by atoms with Gasteiger partial charge in [0.15, 0.2) is 5.69 Å². The molecule has 1 saturated heterocycles. The number of nitrogens with zero attached hydrogens (tertiary/aromatic N) is 5. The molecule has 1 saturated carbocycles. The molecule has 0 bridgehead atoms. The van der Waals surface area contributed by atoms with E-state index in [-0.39, 0.29) is 47.7 Å². The second-order valence-electron chi connectivity index (χ2n) is 7.75. The first-order valence-corrected chi connectivity index (χ1v) is 10.3. The zero-order valence-corrected chi connectivity index (χ0v) is 17.2. The SMILES string of the molecule is N=NCCCN1CCN(C(=O)c2nn3c(C(F)(F)F)cc(C4CC4)cc3c2Cl)CC1=O. The van der Waals surface area contributed by atoms with Gasteiger partial charge in [0, 0.05) is 19.6 Å². The highest BCUT2D eigenvalue weighted by molar-refractivity contribution is 6.36. The third-order valence-corrected chi connectivity index (χ3v) is 5.91. The molecule has 2 aromatic rings. The van der Waals surface area contributed by atoms with Crippen LogP contribution in [0.3, 0.4) is 0 Å². The molecular formula is C19H20ClF3N6O2. The van der Waals surface area contributed by atoms with E-state index in [4.69, 9.17) is 17.1 Å². The number of nitrogens with one attached hydrogen (secondary N) is 1. The van der Waals surface area contributed by atoms with Gasteiger partial charge in [0.25, 0.3) is 5.91 Å². The molecule has 3 heterocycles. The van der Waals surface area contributed by atoms with Crippen molar-refractivity contribution < 1.29 is 22.8 Å². The fraction of sp³-hybridized carbons (Fsp3) is 0.526. The van der Waals surface area contributed by atoms with Gasteiger partial charge in [-0.3, -0.25) is 9.59 Å². The molecule has 12 heteroatoms. The van der Waals surface area contributed by atoms with Crippen molar-refractivity contribution in [3.8, 4) is 0 Å². The third-order valence-electron chi connectivity index (χ3n) is 5.54. The normalized spacial score (nSPS) is 17.5. The van der Waals surface area contributed by atoms with Crippen LogP contribution >= 0.6 is 11.6 Å². The molecule has 0 radical (unpaired) electrons. The maximum Gasteiger partial charge on any atom is 0.433 e. The Bertz CT molecular complexity index is 1050. The highest BCUT2D eigenvalue weighted by Gasteiger charge is 2.38. The van der Waals surface area contributed by atoms with Crippen LogP contribution in [0.4, 0.5) is 13.2 Å². The second-order valence-corrected chi connectivity index (χ2v) is 8.13. The summed E-state index contributed by atoms with van der Waals surface area (Å²) in [7, 11) is 0. The highest BCUT2D eigenvalue weighted by atomic mass is 35.5. The van der Waals surface area contributed by atoms with Gasteiger partial charge in [-0.2, -0.15) is 23.4 Å². The number of piperazine rings is 1. The van der Waals surface area contributed by atoms with Gasteiger partial charge in [0.1, 0.15) is 12.2 Å². The average molecular weight is 457 g/mol. The third kappa shape index (κ3) is 4.23. The van der Waals surface area contributed by atoms with Crippen molar-refractivity contribution in [1.82, 2.24) is 19.4 Å². The van der Waals surface area contributed by atoms with Crippen LogP contribution in [0, 0.1) is 5.53 Å². The topological polar surface area (TPSA) is 94.1 Å². The standard InChI is InChI=1S/C19H20ClF3N6O2/c20-16-13-8-12(11-2-3-11)9-14(19(21,22)23)29(13)26-17(16)18(31)28-7-6-27(15(30)10-28)5-1-4-25-24/h8-9,11,24H,1-7,10H2. The van der Waals surface area contributed by atoms with E-state index in [2.05, 4.69) is 10.2 Å². The number of carbonyl (C=O) groups excluding carboxylic acids is 2. The molecule has 166 valence electrons. The van der Waals surface area contributed by atoms with Gasteiger partial charge >= 0.3 is 6.18 Å². The second kappa shape index (κ2) is 8.10. The number of amides is 2. The number of pyridine rings is 1.